The zero-order valence-corrected chi connectivity index (χ0v) is 12.5. The van der Waals surface area contributed by atoms with Crippen LogP contribution < -0.4 is 5.32 Å². The first-order chi connectivity index (χ1) is 11.2. The fourth-order valence-corrected chi connectivity index (χ4v) is 2.67. The van der Waals surface area contributed by atoms with Crippen molar-refractivity contribution < 1.29 is 4.79 Å². The van der Waals surface area contributed by atoms with E-state index in [2.05, 4.69) is 20.5 Å². The van der Waals surface area contributed by atoms with Crippen LogP contribution in [0.1, 0.15) is 13.0 Å². The van der Waals surface area contributed by atoms with Crippen molar-refractivity contribution in [3.05, 3.63) is 55.0 Å². The highest BCUT2D eigenvalue weighted by molar-refractivity contribution is 5.96. The molecule has 0 aliphatic heterocycles. The number of aromatic amines is 1. The molecule has 0 aliphatic rings. The van der Waals surface area contributed by atoms with Crippen molar-refractivity contribution in [1.29, 1.82) is 0 Å². The van der Waals surface area contributed by atoms with Gasteiger partial charge in [0.05, 0.1) is 29.1 Å². The van der Waals surface area contributed by atoms with Gasteiger partial charge >= 0.3 is 0 Å². The van der Waals surface area contributed by atoms with Gasteiger partial charge in [-0.1, -0.05) is 12.1 Å². The zero-order chi connectivity index (χ0) is 15.8. The number of anilines is 1. The van der Waals surface area contributed by atoms with E-state index < -0.39 is 0 Å². The summed E-state index contributed by atoms with van der Waals surface area (Å²) in [4.78, 5) is 16.9. The summed E-state index contributed by atoms with van der Waals surface area (Å²) in [6.45, 7) is 1.86. The average molecular weight is 305 g/mol. The van der Waals surface area contributed by atoms with Gasteiger partial charge in [0.15, 0.2) is 0 Å². The van der Waals surface area contributed by atoms with Gasteiger partial charge in [0, 0.05) is 11.1 Å². The van der Waals surface area contributed by atoms with Crippen molar-refractivity contribution in [2.24, 2.45) is 0 Å². The summed E-state index contributed by atoms with van der Waals surface area (Å²) in [6, 6.07) is 13.1. The van der Waals surface area contributed by atoms with Crippen LogP contribution in [0.2, 0.25) is 0 Å². The number of hydrogen-bond donors (Lipinski definition) is 2. The smallest absolute Gasteiger partial charge is 0.247 e. The van der Waals surface area contributed by atoms with Crippen LogP contribution in [0.5, 0.6) is 0 Å². The lowest BCUT2D eigenvalue weighted by atomic mass is 10.2. The number of aromatic nitrogens is 4. The van der Waals surface area contributed by atoms with Crippen LogP contribution >= 0.6 is 0 Å². The molecule has 0 bridgehead atoms. The predicted molar refractivity (Wildman–Crippen MR) is 89.2 cm³/mol. The lowest BCUT2D eigenvalue weighted by Crippen LogP contribution is -2.23. The third-order valence-corrected chi connectivity index (χ3v) is 3.99. The Kier molecular flexibility index (Phi) is 3.08. The van der Waals surface area contributed by atoms with E-state index in [0.29, 0.717) is 0 Å². The van der Waals surface area contributed by atoms with Crippen LogP contribution in [0.15, 0.2) is 55.0 Å². The van der Waals surface area contributed by atoms with Gasteiger partial charge in [-0.3, -0.25) is 9.89 Å². The minimum atomic E-state index is -0.361. The van der Waals surface area contributed by atoms with E-state index in [4.69, 9.17) is 0 Å². The molecule has 6 heteroatoms. The Bertz CT molecular complexity index is 1000. The van der Waals surface area contributed by atoms with E-state index >= 15 is 0 Å². The van der Waals surface area contributed by atoms with Crippen molar-refractivity contribution in [1.82, 2.24) is 19.7 Å². The summed E-state index contributed by atoms with van der Waals surface area (Å²) < 4.78 is 1.87. The second-order valence-corrected chi connectivity index (χ2v) is 5.48. The minimum absolute atomic E-state index is 0.0907. The Morgan fingerprint density at radius 1 is 1.26 bits per heavy atom. The molecular weight excluding hydrogens is 290 g/mol. The predicted octanol–water partition coefficient (Wildman–Crippen LogP) is 3.11. The molecule has 0 aliphatic carbocycles. The molecule has 2 aromatic heterocycles. The monoisotopic (exact) mass is 305 g/mol. The highest BCUT2D eigenvalue weighted by atomic mass is 16.2. The Balaban J connectivity index is 1.60. The van der Waals surface area contributed by atoms with Gasteiger partial charge in [0.25, 0.3) is 0 Å². The number of carbonyl (C=O) groups excluding carboxylic acids is 1. The number of H-pyrrole nitrogens is 1. The van der Waals surface area contributed by atoms with Crippen LogP contribution in [0.4, 0.5) is 5.69 Å². The molecule has 0 spiro atoms. The standard InChI is InChI=1S/C17H15N5O/c1-11(22-10-18-14-4-2-3-5-16(14)22)17(23)20-13-7-6-12-9-19-21-15(12)8-13/h2-11H,1H3,(H,19,21)(H,20,23). The van der Waals surface area contributed by atoms with E-state index in [1.54, 1.807) is 12.5 Å². The van der Waals surface area contributed by atoms with E-state index in [1.165, 1.54) is 0 Å². The molecule has 23 heavy (non-hydrogen) atoms. The summed E-state index contributed by atoms with van der Waals surface area (Å²) >= 11 is 0. The Labute approximate surface area is 132 Å². The Hall–Kier alpha value is -3.15. The maximum atomic E-state index is 12.5. The largest absolute Gasteiger partial charge is 0.324 e. The molecule has 0 saturated heterocycles. The third kappa shape index (κ3) is 2.34. The molecule has 2 aromatic carbocycles. The van der Waals surface area contributed by atoms with Gasteiger partial charge in [-0.05, 0) is 37.3 Å². The fourth-order valence-electron chi connectivity index (χ4n) is 2.67. The summed E-state index contributed by atoms with van der Waals surface area (Å²) in [5, 5.41) is 10.8. The SMILES string of the molecule is CC(C(=O)Nc1ccc2cn[nH]c2c1)n1cnc2ccccc21. The average Bonchev–Trinajstić information content (AvgIpc) is 3.20. The number of amides is 1. The maximum Gasteiger partial charge on any atom is 0.247 e. The fraction of sp³-hybridized carbons (Fsp3) is 0.118. The van der Waals surface area contributed by atoms with Crippen LogP contribution in [0.3, 0.4) is 0 Å². The van der Waals surface area contributed by atoms with E-state index in [1.807, 2.05) is 54.0 Å². The first-order valence-electron chi connectivity index (χ1n) is 7.38. The van der Waals surface area contributed by atoms with Crippen molar-refractivity contribution in [3.8, 4) is 0 Å². The molecule has 4 aromatic rings. The number of carbonyl (C=O) groups is 1. The number of hydrogen-bond acceptors (Lipinski definition) is 3. The number of fused-ring (bicyclic) bond motifs is 2. The van der Waals surface area contributed by atoms with Crippen LogP contribution in [-0.4, -0.2) is 25.7 Å². The highest BCUT2D eigenvalue weighted by Crippen LogP contribution is 2.20. The molecule has 0 radical (unpaired) electrons. The Morgan fingerprint density at radius 2 is 2.13 bits per heavy atom. The first kappa shape index (κ1) is 13.5. The Morgan fingerprint density at radius 3 is 3.04 bits per heavy atom. The lowest BCUT2D eigenvalue weighted by molar-refractivity contribution is -0.118. The van der Waals surface area contributed by atoms with Crippen molar-refractivity contribution >= 4 is 33.5 Å². The van der Waals surface area contributed by atoms with Gasteiger partial charge in [-0.15, -0.1) is 0 Å². The molecule has 114 valence electrons. The summed E-state index contributed by atoms with van der Waals surface area (Å²) in [7, 11) is 0. The van der Waals surface area contributed by atoms with Crippen molar-refractivity contribution in [3.63, 3.8) is 0 Å². The summed E-state index contributed by atoms with van der Waals surface area (Å²) in [5.41, 5.74) is 3.46. The highest BCUT2D eigenvalue weighted by Gasteiger charge is 2.17. The lowest BCUT2D eigenvalue weighted by Gasteiger charge is -2.14. The van der Waals surface area contributed by atoms with E-state index in [0.717, 1.165) is 27.6 Å². The normalized spacial score (nSPS) is 12.6. The molecule has 1 atom stereocenters. The topological polar surface area (TPSA) is 75.6 Å². The minimum Gasteiger partial charge on any atom is -0.324 e. The van der Waals surface area contributed by atoms with E-state index in [-0.39, 0.29) is 11.9 Å². The number of benzene rings is 2. The molecule has 6 nitrogen and oxygen atoms in total. The maximum absolute atomic E-state index is 12.5. The van der Waals surface area contributed by atoms with Crippen LogP contribution in [0.25, 0.3) is 21.9 Å². The molecule has 0 fully saturated rings. The summed E-state index contributed by atoms with van der Waals surface area (Å²) in [6.07, 6.45) is 3.45. The molecule has 1 amide bonds. The van der Waals surface area contributed by atoms with Gasteiger partial charge in [-0.2, -0.15) is 5.10 Å². The van der Waals surface area contributed by atoms with Crippen molar-refractivity contribution in [2.45, 2.75) is 13.0 Å². The second kappa shape index (κ2) is 5.24. The molecule has 1 unspecified atom stereocenters. The van der Waals surface area contributed by atoms with Crippen molar-refractivity contribution in [2.75, 3.05) is 5.32 Å². The zero-order valence-electron chi connectivity index (χ0n) is 12.5. The molecule has 0 saturated carbocycles. The number of rotatable bonds is 3. The summed E-state index contributed by atoms with van der Waals surface area (Å²) in [5.74, 6) is -0.0907. The number of imidazole rings is 1. The molecular formula is C17H15N5O. The quantitative estimate of drug-likeness (QED) is 0.610. The molecule has 2 heterocycles. The van der Waals surface area contributed by atoms with Gasteiger partial charge in [0.1, 0.15) is 6.04 Å². The third-order valence-electron chi connectivity index (χ3n) is 3.99. The number of nitrogens with zero attached hydrogens (tertiary/aromatic N) is 3. The molecule has 4 rings (SSSR count). The van der Waals surface area contributed by atoms with Crippen LogP contribution in [0, 0.1) is 0 Å². The van der Waals surface area contributed by atoms with Gasteiger partial charge < -0.3 is 9.88 Å². The second-order valence-electron chi connectivity index (χ2n) is 5.48. The van der Waals surface area contributed by atoms with Gasteiger partial charge in [-0.25, -0.2) is 4.98 Å². The molecule has 2 N–H and O–H groups in total. The number of nitrogens with one attached hydrogen (secondary N) is 2. The first-order valence-corrected chi connectivity index (χ1v) is 7.38. The van der Waals surface area contributed by atoms with Crippen LogP contribution in [-0.2, 0) is 4.79 Å². The van der Waals surface area contributed by atoms with E-state index in [9.17, 15) is 4.79 Å². The van der Waals surface area contributed by atoms with Gasteiger partial charge in [0.2, 0.25) is 5.91 Å². The number of para-hydroxylation sites is 2.